The van der Waals surface area contributed by atoms with Crippen LogP contribution in [0.15, 0.2) is 59.7 Å². The number of hydrogen-bond donors (Lipinski definition) is 2. The Kier molecular flexibility index (Phi) is 7.36. The molecule has 26 heavy (non-hydrogen) atoms. The summed E-state index contributed by atoms with van der Waals surface area (Å²) in [4.78, 5) is 23.1. The lowest BCUT2D eigenvalue weighted by atomic mass is 10.2. The zero-order valence-corrected chi connectivity index (χ0v) is 14.9. The van der Waals surface area contributed by atoms with Gasteiger partial charge in [0.05, 0.1) is 6.21 Å². The van der Waals surface area contributed by atoms with Gasteiger partial charge in [0.1, 0.15) is 12.4 Å². The lowest BCUT2D eigenvalue weighted by Gasteiger charge is -2.06. The summed E-state index contributed by atoms with van der Waals surface area (Å²) in [6.07, 6.45) is 1.47. The third-order valence-electron chi connectivity index (χ3n) is 3.39. The number of carbonyl (C=O) groups is 2. The first kappa shape index (κ1) is 19.2. The van der Waals surface area contributed by atoms with Crippen molar-refractivity contribution in [3.05, 3.63) is 65.7 Å². The fourth-order valence-electron chi connectivity index (χ4n) is 1.98. The highest BCUT2D eigenvalue weighted by Crippen LogP contribution is 2.13. The van der Waals surface area contributed by atoms with Crippen LogP contribution in [-0.2, 0) is 16.2 Å². The fraction of sp³-hybridized carbons (Fsp3) is 0.250. The minimum atomic E-state index is -0.787. The lowest BCUT2D eigenvalue weighted by molar-refractivity contribution is -0.139. The molecule has 0 aromatic heterocycles. The largest absolute Gasteiger partial charge is 0.489 e. The number of nitrogens with one attached hydrogen (secondary N) is 2. The van der Waals surface area contributed by atoms with Crippen molar-refractivity contribution in [2.24, 2.45) is 11.0 Å². The average molecular weight is 353 g/mol. The van der Waals surface area contributed by atoms with E-state index >= 15 is 0 Å². The Morgan fingerprint density at radius 2 is 1.73 bits per heavy atom. The van der Waals surface area contributed by atoms with Gasteiger partial charge in [0.2, 0.25) is 0 Å². The van der Waals surface area contributed by atoms with Gasteiger partial charge in [-0.15, -0.1) is 0 Å². The van der Waals surface area contributed by atoms with Crippen molar-refractivity contribution in [2.45, 2.75) is 20.5 Å². The molecule has 0 aliphatic rings. The molecule has 2 rings (SSSR count). The number of carbonyl (C=O) groups excluding carboxylic acids is 2. The maximum atomic E-state index is 11.6. The molecule has 2 aromatic rings. The highest BCUT2D eigenvalue weighted by molar-refractivity contribution is 6.35. The second-order valence-corrected chi connectivity index (χ2v) is 6.15. The Labute approximate surface area is 153 Å². The van der Waals surface area contributed by atoms with E-state index in [0.29, 0.717) is 13.2 Å². The molecule has 0 fully saturated rings. The number of amides is 2. The number of hydrogen-bond acceptors (Lipinski definition) is 4. The van der Waals surface area contributed by atoms with Crippen molar-refractivity contribution in [1.29, 1.82) is 0 Å². The number of rotatable bonds is 7. The van der Waals surface area contributed by atoms with Gasteiger partial charge in [-0.2, -0.15) is 5.10 Å². The molecule has 0 aliphatic carbocycles. The molecule has 0 atom stereocenters. The molecule has 0 radical (unpaired) electrons. The van der Waals surface area contributed by atoms with Crippen LogP contribution in [0.3, 0.4) is 0 Å². The van der Waals surface area contributed by atoms with Gasteiger partial charge >= 0.3 is 11.8 Å². The zero-order chi connectivity index (χ0) is 18.8. The van der Waals surface area contributed by atoms with E-state index < -0.39 is 11.8 Å². The van der Waals surface area contributed by atoms with E-state index in [1.807, 2.05) is 68.4 Å². The molecule has 0 spiro atoms. The van der Waals surface area contributed by atoms with Gasteiger partial charge in [-0.1, -0.05) is 44.2 Å². The van der Waals surface area contributed by atoms with Crippen molar-refractivity contribution < 1.29 is 14.3 Å². The Morgan fingerprint density at radius 3 is 2.38 bits per heavy atom. The van der Waals surface area contributed by atoms with E-state index in [-0.39, 0.29) is 5.92 Å². The summed E-state index contributed by atoms with van der Waals surface area (Å²) in [7, 11) is 0. The molecule has 2 N–H and O–H groups in total. The summed E-state index contributed by atoms with van der Waals surface area (Å²) in [5.41, 5.74) is 4.07. The summed E-state index contributed by atoms with van der Waals surface area (Å²) < 4.78 is 5.70. The van der Waals surface area contributed by atoms with E-state index in [2.05, 4.69) is 15.8 Å². The van der Waals surface area contributed by atoms with Crippen molar-refractivity contribution in [2.75, 3.05) is 6.54 Å². The number of ether oxygens (including phenoxy) is 1. The normalized spacial score (nSPS) is 10.7. The van der Waals surface area contributed by atoms with E-state index in [9.17, 15) is 9.59 Å². The number of nitrogens with zero attached hydrogens (tertiary/aromatic N) is 1. The standard InChI is InChI=1S/C20H23N3O3/c1-15(2)12-21-19(24)20(25)23-22-13-16-8-10-18(11-9-16)26-14-17-6-4-3-5-7-17/h3-11,13,15H,12,14H2,1-2H3,(H,21,24)(H,23,25)/b22-13-. The zero-order valence-electron chi connectivity index (χ0n) is 14.9. The molecule has 0 aliphatic heterocycles. The average Bonchev–Trinajstić information content (AvgIpc) is 2.66. The Bertz CT molecular complexity index is 741. The van der Waals surface area contributed by atoms with Crippen LogP contribution in [0.5, 0.6) is 5.75 Å². The number of benzene rings is 2. The molecule has 6 heteroatoms. The van der Waals surface area contributed by atoms with Crippen LogP contribution < -0.4 is 15.5 Å². The van der Waals surface area contributed by atoms with Crippen LogP contribution >= 0.6 is 0 Å². The molecule has 0 heterocycles. The van der Waals surface area contributed by atoms with E-state index in [1.165, 1.54) is 6.21 Å². The van der Waals surface area contributed by atoms with Crippen molar-refractivity contribution in [1.82, 2.24) is 10.7 Å². The quantitative estimate of drug-likeness (QED) is 0.456. The minimum absolute atomic E-state index is 0.276. The molecule has 0 saturated heterocycles. The fourth-order valence-corrected chi connectivity index (χ4v) is 1.98. The first-order valence-corrected chi connectivity index (χ1v) is 8.42. The topological polar surface area (TPSA) is 79.8 Å². The van der Waals surface area contributed by atoms with Gasteiger partial charge in [0.25, 0.3) is 0 Å². The Hall–Kier alpha value is -3.15. The highest BCUT2D eigenvalue weighted by Gasteiger charge is 2.11. The second kappa shape index (κ2) is 9.98. The maximum absolute atomic E-state index is 11.6. The van der Waals surface area contributed by atoms with E-state index in [4.69, 9.17) is 4.74 Å². The van der Waals surface area contributed by atoms with Gasteiger partial charge in [-0.3, -0.25) is 9.59 Å². The molecule has 2 amide bonds. The second-order valence-electron chi connectivity index (χ2n) is 6.15. The third-order valence-corrected chi connectivity index (χ3v) is 3.39. The third kappa shape index (κ3) is 6.76. The van der Waals surface area contributed by atoms with Crippen LogP contribution in [0.1, 0.15) is 25.0 Å². The van der Waals surface area contributed by atoms with Gasteiger partial charge in [0.15, 0.2) is 0 Å². The molecular weight excluding hydrogens is 330 g/mol. The van der Waals surface area contributed by atoms with Crippen LogP contribution in [0.25, 0.3) is 0 Å². The van der Waals surface area contributed by atoms with Gasteiger partial charge < -0.3 is 10.1 Å². The number of hydrazone groups is 1. The van der Waals surface area contributed by atoms with E-state index in [0.717, 1.165) is 16.9 Å². The predicted octanol–water partition coefficient (Wildman–Crippen LogP) is 2.49. The summed E-state index contributed by atoms with van der Waals surface area (Å²) in [6, 6.07) is 17.2. The molecular formula is C20H23N3O3. The van der Waals surface area contributed by atoms with Crippen LogP contribution in [0, 0.1) is 5.92 Å². The van der Waals surface area contributed by atoms with Gasteiger partial charge in [-0.25, -0.2) is 5.43 Å². The molecule has 136 valence electrons. The lowest BCUT2D eigenvalue weighted by Crippen LogP contribution is -2.39. The summed E-state index contributed by atoms with van der Waals surface area (Å²) >= 11 is 0. The molecule has 0 saturated carbocycles. The molecule has 2 aromatic carbocycles. The summed E-state index contributed by atoms with van der Waals surface area (Å²) in [6.45, 7) is 4.84. The van der Waals surface area contributed by atoms with Crippen molar-refractivity contribution in [3.8, 4) is 5.75 Å². The van der Waals surface area contributed by atoms with Gasteiger partial charge in [-0.05, 0) is 41.3 Å². The Morgan fingerprint density at radius 1 is 1.04 bits per heavy atom. The summed E-state index contributed by atoms with van der Waals surface area (Å²) in [5, 5.41) is 6.31. The monoisotopic (exact) mass is 353 g/mol. The van der Waals surface area contributed by atoms with Crippen molar-refractivity contribution >= 4 is 18.0 Å². The maximum Gasteiger partial charge on any atom is 0.329 e. The minimum Gasteiger partial charge on any atom is -0.489 e. The Balaban J connectivity index is 1.78. The first-order chi connectivity index (χ1) is 12.5. The van der Waals surface area contributed by atoms with Crippen LogP contribution in [0.4, 0.5) is 0 Å². The van der Waals surface area contributed by atoms with Crippen molar-refractivity contribution in [3.63, 3.8) is 0 Å². The first-order valence-electron chi connectivity index (χ1n) is 8.42. The van der Waals surface area contributed by atoms with Crippen LogP contribution in [0.2, 0.25) is 0 Å². The smallest absolute Gasteiger partial charge is 0.329 e. The van der Waals surface area contributed by atoms with Crippen LogP contribution in [-0.4, -0.2) is 24.6 Å². The SMILES string of the molecule is CC(C)CNC(=O)C(=O)N/N=C\c1ccc(OCc2ccccc2)cc1. The van der Waals surface area contributed by atoms with E-state index in [1.54, 1.807) is 0 Å². The van der Waals surface area contributed by atoms with Gasteiger partial charge in [0, 0.05) is 6.54 Å². The molecule has 0 bridgehead atoms. The summed E-state index contributed by atoms with van der Waals surface area (Å²) in [5.74, 6) is -0.466. The molecule has 6 nitrogen and oxygen atoms in total. The highest BCUT2D eigenvalue weighted by atomic mass is 16.5. The predicted molar refractivity (Wildman–Crippen MR) is 101 cm³/mol. The molecule has 0 unspecified atom stereocenters.